The van der Waals surface area contributed by atoms with Crippen LogP contribution in [0, 0.1) is 27.7 Å². The third-order valence-corrected chi connectivity index (χ3v) is 6.67. The van der Waals surface area contributed by atoms with E-state index in [0.717, 1.165) is 26.6 Å². The molecule has 0 bridgehead atoms. The first-order chi connectivity index (χ1) is 14.2. The Kier molecular flexibility index (Phi) is 6.27. The van der Waals surface area contributed by atoms with E-state index in [1.54, 1.807) is 54.6 Å². The Labute approximate surface area is 178 Å². The van der Waals surface area contributed by atoms with Crippen LogP contribution in [0.1, 0.15) is 22.3 Å². The minimum Gasteiger partial charge on any atom is -0.324 e. The van der Waals surface area contributed by atoms with Crippen LogP contribution in [0.25, 0.3) is 0 Å². The molecule has 156 valence electrons. The van der Waals surface area contributed by atoms with Gasteiger partial charge in [-0.25, -0.2) is 8.42 Å². The number of sulfonamides is 1. The van der Waals surface area contributed by atoms with Crippen LogP contribution in [0.5, 0.6) is 0 Å². The molecule has 5 nitrogen and oxygen atoms in total. The Morgan fingerprint density at radius 2 is 1.40 bits per heavy atom. The van der Waals surface area contributed by atoms with E-state index in [-0.39, 0.29) is 11.4 Å². The van der Waals surface area contributed by atoms with Gasteiger partial charge in [0.15, 0.2) is 0 Å². The highest BCUT2D eigenvalue weighted by atomic mass is 32.2. The van der Waals surface area contributed by atoms with Gasteiger partial charge in [-0.3, -0.25) is 9.10 Å². The molecule has 0 heterocycles. The zero-order chi connectivity index (χ0) is 21.9. The minimum absolute atomic E-state index is 0.146. The standard InChI is InChI=1S/C24H26N2O3S/c1-17-10-12-22(13-11-17)30(28,29)26(21-8-6-5-7-9-21)16-23(27)25-24-19(3)14-18(2)15-20(24)4/h5-15H,16H2,1-4H3,(H,25,27). The molecule has 0 aliphatic carbocycles. The average molecular weight is 423 g/mol. The van der Waals surface area contributed by atoms with Gasteiger partial charge in [0.2, 0.25) is 5.91 Å². The van der Waals surface area contributed by atoms with E-state index >= 15 is 0 Å². The lowest BCUT2D eigenvalue weighted by Crippen LogP contribution is -2.38. The first-order valence-corrected chi connectivity index (χ1v) is 11.1. The van der Waals surface area contributed by atoms with Crippen LogP contribution >= 0.6 is 0 Å². The van der Waals surface area contributed by atoms with E-state index in [1.807, 2.05) is 39.8 Å². The number of hydrogen-bond donors (Lipinski definition) is 1. The van der Waals surface area contributed by atoms with Gasteiger partial charge < -0.3 is 5.32 Å². The third-order valence-electron chi connectivity index (χ3n) is 4.88. The first-order valence-electron chi connectivity index (χ1n) is 9.70. The molecule has 3 aromatic rings. The Morgan fingerprint density at radius 3 is 1.97 bits per heavy atom. The maximum absolute atomic E-state index is 13.4. The number of amides is 1. The number of hydrogen-bond acceptors (Lipinski definition) is 3. The summed E-state index contributed by atoms with van der Waals surface area (Å²) < 4.78 is 27.9. The fourth-order valence-electron chi connectivity index (χ4n) is 3.43. The van der Waals surface area contributed by atoms with E-state index in [0.29, 0.717) is 11.4 Å². The summed E-state index contributed by atoms with van der Waals surface area (Å²) in [5.74, 6) is -0.399. The highest BCUT2D eigenvalue weighted by Gasteiger charge is 2.27. The van der Waals surface area contributed by atoms with Crippen molar-refractivity contribution in [3.63, 3.8) is 0 Å². The molecule has 30 heavy (non-hydrogen) atoms. The van der Waals surface area contributed by atoms with Crippen molar-refractivity contribution in [1.82, 2.24) is 0 Å². The van der Waals surface area contributed by atoms with Crippen LogP contribution in [-0.4, -0.2) is 20.9 Å². The van der Waals surface area contributed by atoms with Gasteiger partial charge in [-0.2, -0.15) is 0 Å². The van der Waals surface area contributed by atoms with Gasteiger partial charge in [-0.05, 0) is 63.1 Å². The number of rotatable bonds is 6. The number of nitrogens with one attached hydrogen (secondary N) is 1. The molecule has 0 atom stereocenters. The Bertz CT molecular complexity index is 1130. The topological polar surface area (TPSA) is 66.5 Å². The molecule has 0 aliphatic heterocycles. The summed E-state index contributed by atoms with van der Waals surface area (Å²) in [4.78, 5) is 13.0. The van der Waals surface area contributed by atoms with Crippen LogP contribution in [0.2, 0.25) is 0 Å². The van der Waals surface area contributed by atoms with Gasteiger partial charge in [0, 0.05) is 5.69 Å². The summed E-state index contributed by atoms with van der Waals surface area (Å²) >= 11 is 0. The van der Waals surface area contributed by atoms with Crippen LogP contribution < -0.4 is 9.62 Å². The van der Waals surface area contributed by atoms with Crippen LogP contribution in [-0.2, 0) is 14.8 Å². The van der Waals surface area contributed by atoms with Crippen molar-refractivity contribution in [1.29, 1.82) is 0 Å². The lowest BCUT2D eigenvalue weighted by atomic mass is 10.1. The second-order valence-electron chi connectivity index (χ2n) is 7.48. The molecular weight excluding hydrogens is 396 g/mol. The number of para-hydroxylation sites is 1. The average Bonchev–Trinajstić information content (AvgIpc) is 2.70. The first kappa shape index (κ1) is 21.6. The Hall–Kier alpha value is -3.12. The van der Waals surface area contributed by atoms with E-state index in [9.17, 15) is 13.2 Å². The van der Waals surface area contributed by atoms with E-state index in [2.05, 4.69) is 5.32 Å². The zero-order valence-corrected chi connectivity index (χ0v) is 18.5. The summed E-state index contributed by atoms with van der Waals surface area (Å²) in [5.41, 5.74) is 5.10. The van der Waals surface area contributed by atoms with Gasteiger partial charge >= 0.3 is 0 Å². The van der Waals surface area contributed by atoms with Gasteiger partial charge in [0.05, 0.1) is 10.6 Å². The molecule has 0 spiro atoms. The molecule has 3 aromatic carbocycles. The second kappa shape index (κ2) is 8.71. The number of benzene rings is 3. The molecular formula is C24H26N2O3S. The molecule has 6 heteroatoms. The fraction of sp³-hybridized carbons (Fsp3) is 0.208. The van der Waals surface area contributed by atoms with Crippen LogP contribution in [0.15, 0.2) is 71.6 Å². The predicted molar refractivity (Wildman–Crippen MR) is 121 cm³/mol. The van der Waals surface area contributed by atoms with Crippen LogP contribution in [0.3, 0.4) is 0 Å². The molecule has 0 aromatic heterocycles. The van der Waals surface area contributed by atoms with E-state index < -0.39 is 15.9 Å². The SMILES string of the molecule is Cc1ccc(S(=O)(=O)N(CC(=O)Nc2c(C)cc(C)cc2C)c2ccccc2)cc1. The largest absolute Gasteiger partial charge is 0.324 e. The molecule has 0 saturated carbocycles. The van der Waals surface area contributed by atoms with Crippen LogP contribution in [0.4, 0.5) is 11.4 Å². The van der Waals surface area contributed by atoms with Crippen molar-refractivity contribution in [2.24, 2.45) is 0 Å². The quantitative estimate of drug-likeness (QED) is 0.623. The van der Waals surface area contributed by atoms with Crippen molar-refractivity contribution in [2.75, 3.05) is 16.2 Å². The van der Waals surface area contributed by atoms with Gasteiger partial charge in [0.1, 0.15) is 6.54 Å². The molecule has 0 fully saturated rings. The molecule has 1 amide bonds. The van der Waals surface area contributed by atoms with Gasteiger partial charge in [0.25, 0.3) is 10.0 Å². The molecule has 0 aliphatic rings. The lowest BCUT2D eigenvalue weighted by Gasteiger charge is -2.24. The molecule has 0 unspecified atom stereocenters. The van der Waals surface area contributed by atoms with Crippen molar-refractivity contribution in [3.8, 4) is 0 Å². The Balaban J connectivity index is 1.94. The monoisotopic (exact) mass is 422 g/mol. The molecule has 0 radical (unpaired) electrons. The van der Waals surface area contributed by atoms with Crippen molar-refractivity contribution in [2.45, 2.75) is 32.6 Å². The Morgan fingerprint density at radius 1 is 0.833 bits per heavy atom. The highest BCUT2D eigenvalue weighted by molar-refractivity contribution is 7.92. The maximum Gasteiger partial charge on any atom is 0.264 e. The summed E-state index contributed by atoms with van der Waals surface area (Å²) in [6, 6.07) is 19.3. The minimum atomic E-state index is -3.91. The van der Waals surface area contributed by atoms with Crippen molar-refractivity contribution >= 4 is 27.3 Å². The summed E-state index contributed by atoms with van der Waals surface area (Å²) in [7, 11) is -3.91. The second-order valence-corrected chi connectivity index (χ2v) is 9.34. The summed E-state index contributed by atoms with van der Waals surface area (Å²) in [6.07, 6.45) is 0. The number of anilines is 2. The van der Waals surface area contributed by atoms with Gasteiger partial charge in [-0.15, -0.1) is 0 Å². The normalized spacial score (nSPS) is 11.2. The fourth-order valence-corrected chi connectivity index (χ4v) is 4.85. The third kappa shape index (κ3) is 4.71. The number of carbonyl (C=O) groups is 1. The zero-order valence-electron chi connectivity index (χ0n) is 17.6. The van der Waals surface area contributed by atoms with E-state index in [1.165, 1.54) is 0 Å². The molecule has 3 rings (SSSR count). The number of aryl methyl sites for hydroxylation is 4. The van der Waals surface area contributed by atoms with Gasteiger partial charge in [-0.1, -0.05) is 53.6 Å². The van der Waals surface area contributed by atoms with Crippen molar-refractivity contribution in [3.05, 3.63) is 89.0 Å². The molecule has 1 N–H and O–H groups in total. The van der Waals surface area contributed by atoms with Crippen molar-refractivity contribution < 1.29 is 13.2 Å². The summed E-state index contributed by atoms with van der Waals surface area (Å²) in [5, 5.41) is 2.89. The smallest absolute Gasteiger partial charge is 0.264 e. The van der Waals surface area contributed by atoms with E-state index in [4.69, 9.17) is 0 Å². The number of nitrogens with zero attached hydrogens (tertiary/aromatic N) is 1. The maximum atomic E-state index is 13.4. The lowest BCUT2D eigenvalue weighted by molar-refractivity contribution is -0.114. The predicted octanol–water partition coefficient (Wildman–Crippen LogP) is 4.75. The highest BCUT2D eigenvalue weighted by Crippen LogP contribution is 2.25. The molecule has 0 saturated heterocycles. The number of carbonyl (C=O) groups excluding carboxylic acids is 1. The summed E-state index contributed by atoms with van der Waals surface area (Å²) in [6.45, 7) is 7.41.